The van der Waals surface area contributed by atoms with Crippen LogP contribution in [0.2, 0.25) is 0 Å². The molecule has 0 amide bonds. The Bertz CT molecular complexity index is 607. The van der Waals surface area contributed by atoms with Gasteiger partial charge in [-0.25, -0.2) is 4.98 Å². The summed E-state index contributed by atoms with van der Waals surface area (Å²) in [6, 6.07) is 13.5. The lowest BCUT2D eigenvalue weighted by Gasteiger charge is -2.19. The highest BCUT2D eigenvalue weighted by atomic mass is 19.1. The van der Waals surface area contributed by atoms with Gasteiger partial charge in [0.25, 0.3) is 0 Å². The van der Waals surface area contributed by atoms with Crippen LogP contribution in [-0.4, -0.2) is 4.98 Å². The maximum Gasteiger partial charge on any atom is 0.214 e. The third-order valence-corrected chi connectivity index (χ3v) is 3.82. The number of halogens is 1. The van der Waals surface area contributed by atoms with Gasteiger partial charge in [0.05, 0.1) is 6.04 Å². The van der Waals surface area contributed by atoms with Gasteiger partial charge in [0, 0.05) is 0 Å². The molecular weight excluding hydrogens is 239 g/mol. The van der Waals surface area contributed by atoms with Crippen molar-refractivity contribution in [3.63, 3.8) is 0 Å². The number of hydrogen-bond donors (Lipinski definition) is 1. The van der Waals surface area contributed by atoms with Crippen molar-refractivity contribution in [1.29, 1.82) is 0 Å². The number of rotatable bonds is 2. The Labute approximate surface area is 112 Å². The molecule has 1 N–H and O–H groups in total. The molecule has 1 aliphatic carbocycles. The van der Waals surface area contributed by atoms with E-state index in [1.807, 2.05) is 6.07 Å². The Balaban J connectivity index is 1.92. The predicted molar refractivity (Wildman–Crippen MR) is 74.6 cm³/mol. The number of hydrogen-bond acceptors (Lipinski definition) is 2. The summed E-state index contributed by atoms with van der Waals surface area (Å²) in [5.74, 6) is 0.146. The van der Waals surface area contributed by atoms with Crippen LogP contribution in [-0.2, 0) is 5.41 Å². The Kier molecular flexibility index (Phi) is 2.77. The molecule has 2 aromatic rings. The second-order valence-corrected chi connectivity index (χ2v) is 5.72. The van der Waals surface area contributed by atoms with E-state index in [9.17, 15) is 4.39 Å². The lowest BCUT2D eigenvalue weighted by Crippen LogP contribution is -2.15. The van der Waals surface area contributed by atoms with Crippen LogP contribution in [0.4, 0.5) is 10.2 Å². The fourth-order valence-corrected chi connectivity index (χ4v) is 2.94. The Morgan fingerprint density at radius 2 is 1.95 bits per heavy atom. The van der Waals surface area contributed by atoms with Gasteiger partial charge >= 0.3 is 0 Å². The lowest BCUT2D eigenvalue weighted by atomic mass is 9.86. The van der Waals surface area contributed by atoms with Crippen molar-refractivity contribution >= 4 is 5.82 Å². The fraction of sp³-hybridized carbons (Fsp3) is 0.312. The van der Waals surface area contributed by atoms with Crippen LogP contribution in [0.25, 0.3) is 0 Å². The van der Waals surface area contributed by atoms with Gasteiger partial charge in [-0.2, -0.15) is 4.39 Å². The SMILES string of the molecule is CC1(C)CC(Nc2cccc(F)n2)c2ccccc21. The summed E-state index contributed by atoms with van der Waals surface area (Å²) in [5.41, 5.74) is 2.80. The standard InChI is InChI=1S/C16H17FN2/c1-16(2)10-13(11-6-3-4-7-12(11)16)18-15-9-5-8-14(17)19-15/h3-9,13H,10H2,1-2H3,(H,18,19). The van der Waals surface area contributed by atoms with Gasteiger partial charge in [0.1, 0.15) is 5.82 Å². The molecule has 0 fully saturated rings. The number of nitrogens with one attached hydrogen (secondary N) is 1. The van der Waals surface area contributed by atoms with Crippen molar-refractivity contribution in [3.8, 4) is 0 Å². The van der Waals surface area contributed by atoms with Crippen LogP contribution in [0.1, 0.15) is 37.4 Å². The molecule has 0 saturated heterocycles. The summed E-state index contributed by atoms with van der Waals surface area (Å²) in [5, 5.41) is 3.34. The van der Waals surface area contributed by atoms with E-state index in [2.05, 4.69) is 42.3 Å². The molecule has 0 bridgehead atoms. The molecular formula is C16H17FN2. The summed E-state index contributed by atoms with van der Waals surface area (Å²) in [6.45, 7) is 4.49. The van der Waals surface area contributed by atoms with Gasteiger partial charge in [-0.1, -0.05) is 44.2 Å². The molecule has 1 aromatic heterocycles. The first-order chi connectivity index (χ1) is 9.06. The largest absolute Gasteiger partial charge is 0.363 e. The van der Waals surface area contributed by atoms with E-state index in [-0.39, 0.29) is 11.5 Å². The van der Waals surface area contributed by atoms with Crippen molar-refractivity contribution in [1.82, 2.24) is 4.98 Å². The second-order valence-electron chi connectivity index (χ2n) is 5.72. The van der Waals surface area contributed by atoms with Crippen molar-refractivity contribution in [2.45, 2.75) is 31.7 Å². The molecule has 1 aromatic carbocycles. The topological polar surface area (TPSA) is 24.9 Å². The van der Waals surface area contributed by atoms with E-state index in [0.717, 1.165) is 6.42 Å². The molecule has 0 aliphatic heterocycles. The average molecular weight is 256 g/mol. The smallest absolute Gasteiger partial charge is 0.214 e. The molecule has 1 atom stereocenters. The highest BCUT2D eigenvalue weighted by Crippen LogP contribution is 2.45. The molecule has 98 valence electrons. The van der Waals surface area contributed by atoms with E-state index in [0.29, 0.717) is 5.82 Å². The van der Waals surface area contributed by atoms with Crippen molar-refractivity contribution in [3.05, 3.63) is 59.5 Å². The van der Waals surface area contributed by atoms with Gasteiger partial charge in [-0.3, -0.25) is 0 Å². The van der Waals surface area contributed by atoms with Gasteiger partial charge in [0.2, 0.25) is 5.95 Å². The van der Waals surface area contributed by atoms with Crippen LogP contribution < -0.4 is 5.32 Å². The molecule has 0 saturated carbocycles. The Morgan fingerprint density at radius 3 is 2.74 bits per heavy atom. The third-order valence-electron chi connectivity index (χ3n) is 3.82. The van der Waals surface area contributed by atoms with Crippen molar-refractivity contribution in [2.24, 2.45) is 0 Å². The summed E-state index contributed by atoms with van der Waals surface area (Å²) in [4.78, 5) is 3.88. The molecule has 1 unspecified atom stereocenters. The van der Waals surface area contributed by atoms with E-state index in [1.165, 1.54) is 17.2 Å². The van der Waals surface area contributed by atoms with Crippen LogP contribution in [0.5, 0.6) is 0 Å². The molecule has 0 radical (unpaired) electrons. The quantitative estimate of drug-likeness (QED) is 0.820. The predicted octanol–water partition coefficient (Wildman–Crippen LogP) is 4.06. The Hall–Kier alpha value is -1.90. The van der Waals surface area contributed by atoms with Crippen LogP contribution in [0.15, 0.2) is 42.5 Å². The molecule has 3 rings (SSSR count). The maximum absolute atomic E-state index is 13.1. The van der Waals surface area contributed by atoms with Gasteiger partial charge in [0.15, 0.2) is 0 Å². The molecule has 3 heteroatoms. The zero-order chi connectivity index (χ0) is 13.5. The number of aromatic nitrogens is 1. The zero-order valence-corrected chi connectivity index (χ0v) is 11.2. The first-order valence-electron chi connectivity index (χ1n) is 6.55. The minimum absolute atomic E-state index is 0.140. The molecule has 1 heterocycles. The fourth-order valence-electron chi connectivity index (χ4n) is 2.94. The van der Waals surface area contributed by atoms with Gasteiger partial charge < -0.3 is 5.32 Å². The molecule has 0 spiro atoms. The average Bonchev–Trinajstić information content (AvgIpc) is 2.62. The molecule has 19 heavy (non-hydrogen) atoms. The first-order valence-corrected chi connectivity index (χ1v) is 6.55. The second kappa shape index (κ2) is 4.34. The van der Waals surface area contributed by atoms with Crippen LogP contribution in [0, 0.1) is 5.95 Å². The van der Waals surface area contributed by atoms with E-state index in [1.54, 1.807) is 12.1 Å². The zero-order valence-electron chi connectivity index (χ0n) is 11.2. The molecule has 2 nitrogen and oxygen atoms in total. The number of pyridine rings is 1. The highest BCUT2D eigenvalue weighted by molar-refractivity contribution is 5.47. The summed E-state index contributed by atoms with van der Waals surface area (Å²) < 4.78 is 13.1. The van der Waals surface area contributed by atoms with Gasteiger partial charge in [-0.15, -0.1) is 0 Å². The molecule has 1 aliphatic rings. The normalized spacial score (nSPS) is 20.1. The summed E-state index contributed by atoms with van der Waals surface area (Å²) in [7, 11) is 0. The number of benzene rings is 1. The summed E-state index contributed by atoms with van der Waals surface area (Å²) >= 11 is 0. The minimum atomic E-state index is -0.449. The first kappa shape index (κ1) is 12.2. The van der Waals surface area contributed by atoms with E-state index in [4.69, 9.17) is 0 Å². The lowest BCUT2D eigenvalue weighted by molar-refractivity contribution is 0.492. The summed E-state index contributed by atoms with van der Waals surface area (Å²) in [6.07, 6.45) is 0.991. The van der Waals surface area contributed by atoms with Crippen molar-refractivity contribution in [2.75, 3.05) is 5.32 Å². The van der Waals surface area contributed by atoms with Crippen LogP contribution in [0.3, 0.4) is 0 Å². The monoisotopic (exact) mass is 256 g/mol. The number of fused-ring (bicyclic) bond motifs is 1. The minimum Gasteiger partial charge on any atom is -0.363 e. The van der Waals surface area contributed by atoms with Crippen molar-refractivity contribution < 1.29 is 4.39 Å². The maximum atomic E-state index is 13.1. The highest BCUT2D eigenvalue weighted by Gasteiger charge is 2.36. The van der Waals surface area contributed by atoms with Gasteiger partial charge in [-0.05, 0) is 35.1 Å². The number of nitrogens with zero attached hydrogens (tertiary/aromatic N) is 1. The third kappa shape index (κ3) is 2.21. The van der Waals surface area contributed by atoms with Crippen LogP contribution >= 0.6 is 0 Å². The van der Waals surface area contributed by atoms with E-state index >= 15 is 0 Å². The number of anilines is 1. The Morgan fingerprint density at radius 1 is 1.16 bits per heavy atom. The van der Waals surface area contributed by atoms with E-state index < -0.39 is 5.95 Å².